The topological polar surface area (TPSA) is 94.8 Å². The molecule has 0 saturated carbocycles. The minimum Gasteiger partial charge on any atom is -0.494 e. The molecule has 1 N–H and O–H groups in total. The number of carbonyl (C=O) groups is 1. The molecule has 1 amide bonds. The van der Waals surface area contributed by atoms with Gasteiger partial charge >= 0.3 is 0 Å². The summed E-state index contributed by atoms with van der Waals surface area (Å²) in [5, 5.41) is 8.08. The normalized spacial score (nSPS) is 11.1. The standard InChI is InChI=1S/C26H20F2N6O2/c1-34-13-18(23(33-34)15-6-4-3-5-7-15)24-17-10-21(22(36-2)11-20(17)30-14-31-24)32-26(35)16-8-9-19(25(27)28)29-12-16/h3-14,25H,1-2H3,(H,32,35). The van der Waals surface area contributed by atoms with Gasteiger partial charge in [-0.25, -0.2) is 18.7 Å². The third kappa shape index (κ3) is 4.36. The number of rotatable bonds is 6. The highest BCUT2D eigenvalue weighted by Crippen LogP contribution is 2.37. The Morgan fingerprint density at radius 1 is 1.03 bits per heavy atom. The Balaban J connectivity index is 1.58. The molecule has 0 unspecified atom stereocenters. The van der Waals surface area contributed by atoms with Gasteiger partial charge in [0.2, 0.25) is 0 Å². The Labute approximate surface area is 204 Å². The van der Waals surface area contributed by atoms with Gasteiger partial charge in [0.05, 0.1) is 29.6 Å². The van der Waals surface area contributed by atoms with Crippen molar-refractivity contribution in [3.05, 3.63) is 84.6 Å². The van der Waals surface area contributed by atoms with Crippen LogP contribution in [0.4, 0.5) is 14.5 Å². The second-order valence-electron chi connectivity index (χ2n) is 7.95. The van der Waals surface area contributed by atoms with E-state index in [1.54, 1.807) is 16.8 Å². The number of aromatic nitrogens is 5. The van der Waals surface area contributed by atoms with Gasteiger partial charge in [-0.3, -0.25) is 14.5 Å². The molecule has 3 aromatic heterocycles. The number of carbonyl (C=O) groups excluding carboxylic acids is 1. The predicted molar refractivity (Wildman–Crippen MR) is 131 cm³/mol. The lowest BCUT2D eigenvalue weighted by atomic mass is 10.0. The van der Waals surface area contributed by atoms with Gasteiger partial charge in [0.1, 0.15) is 23.5 Å². The van der Waals surface area contributed by atoms with E-state index in [9.17, 15) is 13.6 Å². The van der Waals surface area contributed by atoms with E-state index in [-0.39, 0.29) is 5.56 Å². The quantitative estimate of drug-likeness (QED) is 0.350. The van der Waals surface area contributed by atoms with Gasteiger partial charge in [-0.2, -0.15) is 5.10 Å². The number of pyridine rings is 1. The van der Waals surface area contributed by atoms with Crippen LogP contribution in [0.15, 0.2) is 73.3 Å². The zero-order valence-electron chi connectivity index (χ0n) is 19.3. The summed E-state index contributed by atoms with van der Waals surface area (Å²) >= 11 is 0. The molecule has 5 aromatic rings. The van der Waals surface area contributed by atoms with Crippen molar-refractivity contribution >= 4 is 22.5 Å². The van der Waals surface area contributed by atoms with Crippen LogP contribution in [0.1, 0.15) is 22.5 Å². The van der Waals surface area contributed by atoms with Crippen LogP contribution in [0.2, 0.25) is 0 Å². The van der Waals surface area contributed by atoms with Crippen LogP contribution in [-0.4, -0.2) is 37.7 Å². The highest BCUT2D eigenvalue weighted by Gasteiger charge is 2.19. The van der Waals surface area contributed by atoms with Gasteiger partial charge in [0.25, 0.3) is 12.3 Å². The van der Waals surface area contributed by atoms with Gasteiger partial charge < -0.3 is 10.1 Å². The minimum absolute atomic E-state index is 0.129. The molecule has 8 nitrogen and oxygen atoms in total. The first-order valence-electron chi connectivity index (χ1n) is 10.9. The van der Waals surface area contributed by atoms with Gasteiger partial charge in [0.15, 0.2) is 0 Å². The summed E-state index contributed by atoms with van der Waals surface area (Å²) < 4.78 is 32.8. The van der Waals surface area contributed by atoms with Crippen molar-refractivity contribution in [3.8, 4) is 28.3 Å². The molecule has 36 heavy (non-hydrogen) atoms. The Morgan fingerprint density at radius 3 is 2.53 bits per heavy atom. The third-order valence-electron chi connectivity index (χ3n) is 5.61. The number of anilines is 1. The van der Waals surface area contributed by atoms with Gasteiger partial charge in [0, 0.05) is 42.0 Å². The van der Waals surface area contributed by atoms with Crippen LogP contribution in [0.3, 0.4) is 0 Å². The number of aryl methyl sites for hydroxylation is 1. The zero-order valence-corrected chi connectivity index (χ0v) is 19.3. The summed E-state index contributed by atoms with van der Waals surface area (Å²) in [6.07, 6.45) is 1.74. The van der Waals surface area contributed by atoms with E-state index < -0.39 is 18.0 Å². The van der Waals surface area contributed by atoms with E-state index in [2.05, 4.69) is 25.4 Å². The number of halogens is 2. The number of benzene rings is 2. The Morgan fingerprint density at radius 2 is 1.83 bits per heavy atom. The number of fused-ring (bicyclic) bond motifs is 1. The van der Waals surface area contributed by atoms with E-state index in [0.29, 0.717) is 28.0 Å². The molecule has 2 aromatic carbocycles. The summed E-state index contributed by atoms with van der Waals surface area (Å²) in [4.78, 5) is 25.4. The van der Waals surface area contributed by atoms with Gasteiger partial charge in [-0.1, -0.05) is 30.3 Å². The molecule has 0 spiro atoms. The monoisotopic (exact) mass is 486 g/mol. The highest BCUT2D eigenvalue weighted by molar-refractivity contribution is 6.07. The summed E-state index contributed by atoms with van der Waals surface area (Å²) in [7, 11) is 3.31. The molecule has 0 saturated heterocycles. The molecule has 0 aliphatic carbocycles. The predicted octanol–water partition coefficient (Wildman–Crippen LogP) is 5.29. The molecule has 3 heterocycles. The van der Waals surface area contributed by atoms with Crippen molar-refractivity contribution in [3.63, 3.8) is 0 Å². The van der Waals surface area contributed by atoms with E-state index in [4.69, 9.17) is 4.74 Å². The molecule has 10 heteroatoms. The summed E-state index contributed by atoms with van der Waals surface area (Å²) in [5.41, 5.74) is 3.83. The van der Waals surface area contributed by atoms with Crippen LogP contribution < -0.4 is 10.1 Å². The lowest BCUT2D eigenvalue weighted by Gasteiger charge is -2.13. The molecule has 0 atom stereocenters. The Kier molecular flexibility index (Phi) is 6.07. The maximum absolute atomic E-state index is 12.9. The molecule has 5 rings (SSSR count). The van der Waals surface area contributed by atoms with Gasteiger partial charge in [-0.05, 0) is 18.2 Å². The number of amides is 1. The maximum atomic E-state index is 12.9. The van der Waals surface area contributed by atoms with Crippen LogP contribution in [0.5, 0.6) is 5.75 Å². The van der Waals surface area contributed by atoms with E-state index in [1.807, 2.05) is 43.6 Å². The lowest BCUT2D eigenvalue weighted by Crippen LogP contribution is -2.13. The molecule has 0 aliphatic heterocycles. The smallest absolute Gasteiger partial charge is 0.280 e. The van der Waals surface area contributed by atoms with Crippen LogP contribution in [0.25, 0.3) is 33.4 Å². The molecular weight excluding hydrogens is 466 g/mol. The van der Waals surface area contributed by atoms with Crippen LogP contribution >= 0.6 is 0 Å². The fourth-order valence-corrected chi connectivity index (χ4v) is 3.90. The molecule has 0 fully saturated rings. The second kappa shape index (κ2) is 9.49. The number of methoxy groups -OCH3 is 1. The van der Waals surface area contributed by atoms with Crippen molar-refractivity contribution < 1.29 is 18.3 Å². The third-order valence-corrected chi connectivity index (χ3v) is 5.61. The van der Waals surface area contributed by atoms with E-state index in [1.165, 1.54) is 19.5 Å². The summed E-state index contributed by atoms with van der Waals surface area (Å²) in [6, 6.07) is 15.6. The SMILES string of the molecule is COc1cc2ncnc(-c3cn(C)nc3-c3ccccc3)c2cc1NC(=O)c1ccc(C(F)F)nc1. The number of nitrogens with one attached hydrogen (secondary N) is 1. The molecular formula is C26H20F2N6O2. The first-order valence-corrected chi connectivity index (χ1v) is 10.9. The maximum Gasteiger partial charge on any atom is 0.280 e. The largest absolute Gasteiger partial charge is 0.494 e. The molecule has 180 valence electrons. The molecule has 0 bridgehead atoms. The van der Waals surface area contributed by atoms with Crippen molar-refractivity contribution in [2.45, 2.75) is 6.43 Å². The fourth-order valence-electron chi connectivity index (χ4n) is 3.90. The number of nitrogens with zero attached hydrogens (tertiary/aromatic N) is 5. The van der Waals surface area contributed by atoms with Crippen LogP contribution in [0, 0.1) is 0 Å². The van der Waals surface area contributed by atoms with Crippen LogP contribution in [-0.2, 0) is 7.05 Å². The number of ether oxygens (including phenoxy) is 1. The minimum atomic E-state index is -2.71. The van der Waals surface area contributed by atoms with Gasteiger partial charge in [-0.15, -0.1) is 0 Å². The second-order valence-corrected chi connectivity index (χ2v) is 7.95. The zero-order chi connectivity index (χ0) is 25.2. The average molecular weight is 486 g/mol. The summed E-state index contributed by atoms with van der Waals surface area (Å²) in [6.45, 7) is 0. The van der Waals surface area contributed by atoms with Crippen molar-refractivity contribution in [2.24, 2.45) is 7.05 Å². The number of alkyl halides is 2. The van der Waals surface area contributed by atoms with Crippen molar-refractivity contribution in [1.82, 2.24) is 24.7 Å². The first kappa shape index (κ1) is 23.0. The average Bonchev–Trinajstić information content (AvgIpc) is 3.29. The fraction of sp³-hybridized carbons (Fsp3) is 0.115. The Bertz CT molecular complexity index is 1550. The van der Waals surface area contributed by atoms with E-state index in [0.717, 1.165) is 29.1 Å². The first-order chi connectivity index (χ1) is 17.4. The summed E-state index contributed by atoms with van der Waals surface area (Å²) in [5.74, 6) is -0.141. The Hall–Kier alpha value is -4.73. The number of hydrogen-bond donors (Lipinski definition) is 1. The molecule has 0 aliphatic rings. The molecule has 0 radical (unpaired) electrons. The lowest BCUT2D eigenvalue weighted by molar-refractivity contribution is 0.102. The highest BCUT2D eigenvalue weighted by atomic mass is 19.3. The van der Waals surface area contributed by atoms with Crippen molar-refractivity contribution in [1.29, 1.82) is 0 Å². The van der Waals surface area contributed by atoms with E-state index >= 15 is 0 Å². The van der Waals surface area contributed by atoms with Crippen molar-refractivity contribution in [2.75, 3.05) is 12.4 Å². The number of hydrogen-bond acceptors (Lipinski definition) is 6.